The quantitative estimate of drug-likeness (QED) is 0.515. The molecule has 70 valence electrons. The van der Waals surface area contributed by atoms with Crippen molar-refractivity contribution in [3.63, 3.8) is 0 Å². The van der Waals surface area contributed by atoms with E-state index in [9.17, 15) is 0 Å². The Morgan fingerprint density at radius 3 is 2.27 bits per heavy atom. The summed E-state index contributed by atoms with van der Waals surface area (Å²) in [6.45, 7) is 2.93. The zero-order valence-corrected chi connectivity index (χ0v) is 7.68. The maximum Gasteiger partial charge on any atom is 0.00508 e. The molecular formula is C8H23N3. The Hall–Kier alpha value is -0.120. The van der Waals surface area contributed by atoms with E-state index in [0.717, 1.165) is 19.4 Å². The summed E-state index contributed by atoms with van der Waals surface area (Å²) in [7, 11) is 0. The van der Waals surface area contributed by atoms with Crippen molar-refractivity contribution in [2.75, 3.05) is 6.54 Å². The van der Waals surface area contributed by atoms with Crippen molar-refractivity contribution in [2.24, 2.45) is 11.5 Å². The van der Waals surface area contributed by atoms with E-state index in [2.05, 4.69) is 6.92 Å². The van der Waals surface area contributed by atoms with Crippen LogP contribution in [-0.4, -0.2) is 12.6 Å². The lowest BCUT2D eigenvalue weighted by molar-refractivity contribution is 0.534. The van der Waals surface area contributed by atoms with E-state index in [1.807, 2.05) is 0 Å². The average Bonchev–Trinajstić information content (AvgIpc) is 1.89. The van der Waals surface area contributed by atoms with Gasteiger partial charge in [-0.3, -0.25) is 0 Å². The molecule has 1 atom stereocenters. The van der Waals surface area contributed by atoms with E-state index in [4.69, 9.17) is 11.5 Å². The zero-order chi connectivity index (χ0) is 7.82. The molecule has 0 aliphatic rings. The Balaban J connectivity index is 0. The summed E-state index contributed by atoms with van der Waals surface area (Å²) >= 11 is 0. The SMILES string of the molecule is CCCCCC(N)CCN.N. The molecule has 0 aromatic rings. The van der Waals surface area contributed by atoms with E-state index in [-0.39, 0.29) is 6.15 Å². The molecule has 0 heterocycles. The van der Waals surface area contributed by atoms with Gasteiger partial charge in [0.05, 0.1) is 0 Å². The second-order valence-corrected chi connectivity index (χ2v) is 2.83. The molecule has 7 N–H and O–H groups in total. The summed E-state index contributed by atoms with van der Waals surface area (Å²) in [6, 6.07) is 0.344. The van der Waals surface area contributed by atoms with Crippen LogP contribution in [0.25, 0.3) is 0 Å². The van der Waals surface area contributed by atoms with Crippen molar-refractivity contribution in [2.45, 2.75) is 45.1 Å². The fourth-order valence-corrected chi connectivity index (χ4v) is 1.01. The van der Waals surface area contributed by atoms with Crippen LogP contribution in [0.5, 0.6) is 0 Å². The Morgan fingerprint density at radius 2 is 1.82 bits per heavy atom. The second-order valence-electron chi connectivity index (χ2n) is 2.83. The van der Waals surface area contributed by atoms with E-state index in [1.165, 1.54) is 19.3 Å². The average molecular weight is 161 g/mol. The molecule has 0 aromatic heterocycles. The zero-order valence-electron chi connectivity index (χ0n) is 7.68. The molecule has 1 unspecified atom stereocenters. The van der Waals surface area contributed by atoms with Gasteiger partial charge in [0.1, 0.15) is 0 Å². The molecule has 0 radical (unpaired) electrons. The maximum absolute atomic E-state index is 5.74. The van der Waals surface area contributed by atoms with Crippen LogP contribution in [0.3, 0.4) is 0 Å². The van der Waals surface area contributed by atoms with Crippen LogP contribution in [0.15, 0.2) is 0 Å². The van der Waals surface area contributed by atoms with Gasteiger partial charge < -0.3 is 17.6 Å². The van der Waals surface area contributed by atoms with Gasteiger partial charge in [-0.25, -0.2) is 0 Å². The summed E-state index contributed by atoms with van der Waals surface area (Å²) < 4.78 is 0. The van der Waals surface area contributed by atoms with Crippen LogP contribution in [0.4, 0.5) is 0 Å². The number of rotatable bonds is 6. The lowest BCUT2D eigenvalue weighted by atomic mass is 10.1. The summed E-state index contributed by atoms with van der Waals surface area (Å²) in [5.41, 5.74) is 11.1. The monoisotopic (exact) mass is 161 g/mol. The van der Waals surface area contributed by atoms with Crippen molar-refractivity contribution in [3.8, 4) is 0 Å². The lowest BCUT2D eigenvalue weighted by Gasteiger charge is -2.08. The predicted molar refractivity (Wildman–Crippen MR) is 50.8 cm³/mol. The van der Waals surface area contributed by atoms with Crippen molar-refractivity contribution in [3.05, 3.63) is 0 Å². The Bertz CT molecular complexity index is 66.4. The largest absolute Gasteiger partial charge is 0.344 e. The molecule has 0 amide bonds. The molecule has 11 heavy (non-hydrogen) atoms. The van der Waals surface area contributed by atoms with Gasteiger partial charge in [0.2, 0.25) is 0 Å². The smallest absolute Gasteiger partial charge is 0.00508 e. The van der Waals surface area contributed by atoms with Crippen molar-refractivity contribution >= 4 is 0 Å². The first kappa shape index (κ1) is 13.5. The van der Waals surface area contributed by atoms with Crippen LogP contribution in [0.1, 0.15) is 39.0 Å². The number of hydrogen-bond donors (Lipinski definition) is 3. The minimum absolute atomic E-state index is 0. The highest BCUT2D eigenvalue weighted by molar-refractivity contribution is 4.60. The van der Waals surface area contributed by atoms with E-state index < -0.39 is 0 Å². The first-order valence-corrected chi connectivity index (χ1v) is 4.27. The fraction of sp³-hybridized carbons (Fsp3) is 1.00. The van der Waals surface area contributed by atoms with Gasteiger partial charge in [-0.05, 0) is 19.4 Å². The van der Waals surface area contributed by atoms with Crippen LogP contribution in [0, 0.1) is 0 Å². The molecule has 0 aliphatic carbocycles. The van der Waals surface area contributed by atoms with Crippen molar-refractivity contribution in [1.29, 1.82) is 0 Å². The van der Waals surface area contributed by atoms with Crippen LogP contribution in [-0.2, 0) is 0 Å². The number of nitrogens with two attached hydrogens (primary N) is 2. The summed E-state index contributed by atoms with van der Waals surface area (Å²) in [6.07, 6.45) is 5.96. The number of hydrogen-bond acceptors (Lipinski definition) is 3. The highest BCUT2D eigenvalue weighted by Crippen LogP contribution is 2.02. The fourth-order valence-electron chi connectivity index (χ4n) is 1.01. The minimum atomic E-state index is 0. The molecule has 0 saturated carbocycles. The molecule has 3 heteroatoms. The maximum atomic E-state index is 5.74. The molecule has 0 bridgehead atoms. The summed E-state index contributed by atoms with van der Waals surface area (Å²) in [5, 5.41) is 0. The van der Waals surface area contributed by atoms with Gasteiger partial charge in [-0.15, -0.1) is 0 Å². The molecule has 0 fully saturated rings. The predicted octanol–water partition coefficient (Wildman–Crippen LogP) is 1.40. The first-order valence-electron chi connectivity index (χ1n) is 4.27. The van der Waals surface area contributed by atoms with Gasteiger partial charge in [-0.2, -0.15) is 0 Å². The third-order valence-electron chi connectivity index (χ3n) is 1.72. The van der Waals surface area contributed by atoms with Crippen molar-refractivity contribution in [1.82, 2.24) is 6.15 Å². The van der Waals surface area contributed by atoms with Gasteiger partial charge in [0.15, 0.2) is 0 Å². The van der Waals surface area contributed by atoms with E-state index >= 15 is 0 Å². The molecular weight excluding hydrogens is 138 g/mol. The third-order valence-corrected chi connectivity index (χ3v) is 1.72. The topological polar surface area (TPSA) is 87.0 Å². The third kappa shape index (κ3) is 9.88. The van der Waals surface area contributed by atoms with E-state index in [0.29, 0.717) is 6.04 Å². The van der Waals surface area contributed by atoms with E-state index in [1.54, 1.807) is 0 Å². The molecule has 0 rings (SSSR count). The summed E-state index contributed by atoms with van der Waals surface area (Å²) in [4.78, 5) is 0. The van der Waals surface area contributed by atoms with Gasteiger partial charge in [-0.1, -0.05) is 26.2 Å². The first-order chi connectivity index (χ1) is 4.81. The van der Waals surface area contributed by atoms with Gasteiger partial charge >= 0.3 is 0 Å². The van der Waals surface area contributed by atoms with Crippen LogP contribution >= 0.6 is 0 Å². The van der Waals surface area contributed by atoms with Gasteiger partial charge in [0.25, 0.3) is 0 Å². The molecule has 0 spiro atoms. The lowest BCUT2D eigenvalue weighted by Crippen LogP contribution is -2.23. The number of unbranched alkanes of at least 4 members (excludes halogenated alkanes) is 2. The molecule has 0 aromatic carbocycles. The Kier molecular flexibility index (Phi) is 12.1. The normalized spacial score (nSPS) is 12.3. The minimum Gasteiger partial charge on any atom is -0.344 e. The summed E-state index contributed by atoms with van der Waals surface area (Å²) in [5.74, 6) is 0. The van der Waals surface area contributed by atoms with Crippen molar-refractivity contribution < 1.29 is 0 Å². The molecule has 3 nitrogen and oxygen atoms in total. The highest BCUT2D eigenvalue weighted by atomic mass is 14.6. The van der Waals surface area contributed by atoms with Crippen LogP contribution in [0.2, 0.25) is 0 Å². The Morgan fingerprint density at radius 1 is 1.18 bits per heavy atom. The van der Waals surface area contributed by atoms with Gasteiger partial charge in [0, 0.05) is 6.04 Å². The highest BCUT2D eigenvalue weighted by Gasteiger charge is 1.98. The second kappa shape index (κ2) is 9.88. The molecule has 0 aliphatic heterocycles. The van der Waals surface area contributed by atoms with Crippen LogP contribution < -0.4 is 17.6 Å². The Labute approximate surface area is 70.1 Å². The standard InChI is InChI=1S/C8H20N2.H3N/c1-2-3-4-5-8(10)6-7-9;/h8H,2-7,9-10H2,1H3;1H3. The molecule has 0 saturated heterocycles.